The fraction of sp³-hybridized carbons (Fsp3) is 0.333. The van der Waals surface area contributed by atoms with E-state index < -0.39 is 0 Å². The second kappa shape index (κ2) is 6.64. The molecule has 0 aliphatic carbocycles. The summed E-state index contributed by atoms with van der Waals surface area (Å²) in [6, 6.07) is 9.34. The van der Waals surface area contributed by atoms with Gasteiger partial charge in [-0.1, -0.05) is 22.9 Å². The fourth-order valence-corrected chi connectivity index (χ4v) is 3.20. The number of thiophene rings is 1. The minimum Gasteiger partial charge on any atom is -0.305 e. The Hall–Kier alpha value is -0.710. The van der Waals surface area contributed by atoms with Gasteiger partial charge in [0.05, 0.1) is 0 Å². The Morgan fingerprint density at radius 3 is 2.68 bits per heavy atom. The van der Waals surface area contributed by atoms with Gasteiger partial charge in [0.1, 0.15) is 5.82 Å². The average Bonchev–Trinajstić information content (AvgIpc) is 2.87. The average molecular weight is 342 g/mol. The largest absolute Gasteiger partial charge is 0.305 e. The normalized spacial score (nSPS) is 12.6. The van der Waals surface area contributed by atoms with Crippen LogP contribution in [0.3, 0.4) is 0 Å². The molecule has 0 spiro atoms. The SMILES string of the molecule is CCc1ccc(CNC(C)c2cc(Br)ccc2F)s1. The van der Waals surface area contributed by atoms with Crippen LogP contribution in [0.1, 0.15) is 35.2 Å². The van der Waals surface area contributed by atoms with Gasteiger partial charge in [-0.15, -0.1) is 11.3 Å². The molecule has 102 valence electrons. The molecule has 0 fully saturated rings. The van der Waals surface area contributed by atoms with Crippen molar-refractivity contribution in [3.8, 4) is 0 Å². The van der Waals surface area contributed by atoms with Crippen LogP contribution in [0, 0.1) is 5.82 Å². The van der Waals surface area contributed by atoms with Gasteiger partial charge in [0.15, 0.2) is 0 Å². The first kappa shape index (κ1) is 14.7. The molecule has 2 rings (SSSR count). The summed E-state index contributed by atoms with van der Waals surface area (Å²) >= 11 is 5.19. The van der Waals surface area contributed by atoms with Gasteiger partial charge in [-0.05, 0) is 43.7 Å². The Morgan fingerprint density at radius 2 is 2.00 bits per heavy atom. The monoisotopic (exact) mass is 341 g/mol. The topological polar surface area (TPSA) is 12.0 Å². The maximum absolute atomic E-state index is 13.7. The molecule has 0 amide bonds. The number of halogens is 2. The van der Waals surface area contributed by atoms with Crippen molar-refractivity contribution in [2.24, 2.45) is 0 Å². The molecule has 19 heavy (non-hydrogen) atoms. The molecule has 0 radical (unpaired) electrons. The van der Waals surface area contributed by atoms with Crippen molar-refractivity contribution in [1.82, 2.24) is 5.32 Å². The van der Waals surface area contributed by atoms with Crippen LogP contribution >= 0.6 is 27.3 Å². The molecule has 1 atom stereocenters. The second-order valence-corrected chi connectivity index (χ2v) is 6.66. The molecule has 1 unspecified atom stereocenters. The maximum atomic E-state index is 13.7. The number of aryl methyl sites for hydroxylation is 1. The summed E-state index contributed by atoms with van der Waals surface area (Å²) in [4.78, 5) is 2.68. The van der Waals surface area contributed by atoms with Crippen molar-refractivity contribution in [3.63, 3.8) is 0 Å². The molecular formula is C15H17BrFNS. The highest BCUT2D eigenvalue weighted by Crippen LogP contribution is 2.23. The van der Waals surface area contributed by atoms with Gasteiger partial charge in [0.25, 0.3) is 0 Å². The van der Waals surface area contributed by atoms with Crippen LogP contribution in [0.4, 0.5) is 4.39 Å². The highest BCUT2D eigenvalue weighted by molar-refractivity contribution is 9.10. The fourth-order valence-electron chi connectivity index (χ4n) is 1.92. The molecule has 4 heteroatoms. The first-order valence-corrected chi connectivity index (χ1v) is 7.97. The van der Waals surface area contributed by atoms with E-state index in [0.717, 1.165) is 17.4 Å². The third-order valence-corrected chi connectivity index (χ3v) is 4.80. The zero-order valence-electron chi connectivity index (χ0n) is 11.0. The summed E-state index contributed by atoms with van der Waals surface area (Å²) < 4.78 is 14.7. The molecule has 0 saturated heterocycles. The quantitative estimate of drug-likeness (QED) is 0.801. The number of nitrogens with one attached hydrogen (secondary N) is 1. The highest BCUT2D eigenvalue weighted by Gasteiger charge is 2.11. The standard InChI is InChI=1S/C15H17BrFNS/c1-3-12-5-6-13(19-12)9-18-10(2)14-8-11(16)4-7-15(14)17/h4-8,10,18H,3,9H2,1-2H3. The van der Waals surface area contributed by atoms with E-state index in [0.29, 0.717) is 5.56 Å². The Morgan fingerprint density at radius 1 is 1.26 bits per heavy atom. The van der Waals surface area contributed by atoms with Crippen molar-refractivity contribution in [3.05, 3.63) is 55.9 Å². The summed E-state index contributed by atoms with van der Waals surface area (Å²) in [6.07, 6.45) is 1.07. The summed E-state index contributed by atoms with van der Waals surface area (Å²) in [5.74, 6) is -0.163. The first-order valence-electron chi connectivity index (χ1n) is 6.36. The molecule has 1 aromatic heterocycles. The van der Waals surface area contributed by atoms with Crippen molar-refractivity contribution in [1.29, 1.82) is 0 Å². The summed E-state index contributed by atoms with van der Waals surface area (Å²) in [6.45, 7) is 4.92. The minimum atomic E-state index is -0.163. The van der Waals surface area contributed by atoms with Gasteiger partial charge in [-0.25, -0.2) is 4.39 Å². The molecule has 2 aromatic rings. The zero-order chi connectivity index (χ0) is 13.8. The third-order valence-electron chi connectivity index (χ3n) is 3.07. The molecule has 0 aliphatic heterocycles. The Labute approximate surface area is 126 Å². The van der Waals surface area contributed by atoms with Crippen LogP contribution in [0.15, 0.2) is 34.8 Å². The second-order valence-electron chi connectivity index (χ2n) is 4.49. The number of hydrogen-bond donors (Lipinski definition) is 1. The van der Waals surface area contributed by atoms with E-state index in [1.165, 1.54) is 15.8 Å². The van der Waals surface area contributed by atoms with Gasteiger partial charge in [0, 0.05) is 32.4 Å². The van der Waals surface area contributed by atoms with E-state index >= 15 is 0 Å². The summed E-state index contributed by atoms with van der Waals surface area (Å²) in [5.41, 5.74) is 0.696. The Kier molecular flexibility index (Phi) is 5.13. The van der Waals surface area contributed by atoms with Crippen LogP contribution in [0.2, 0.25) is 0 Å². The molecule has 1 aromatic carbocycles. The lowest BCUT2D eigenvalue weighted by Gasteiger charge is -2.14. The predicted octanol–water partition coefficient (Wildman–Crippen LogP) is 5.06. The summed E-state index contributed by atoms with van der Waals surface area (Å²) in [5, 5.41) is 3.37. The van der Waals surface area contributed by atoms with Gasteiger partial charge < -0.3 is 5.32 Å². The molecule has 0 bridgehead atoms. The van der Waals surface area contributed by atoms with Crippen molar-refractivity contribution < 1.29 is 4.39 Å². The molecule has 0 aliphatic rings. The number of benzene rings is 1. The van der Waals surface area contributed by atoms with Crippen LogP contribution in [-0.2, 0) is 13.0 Å². The lowest BCUT2D eigenvalue weighted by atomic mass is 10.1. The van der Waals surface area contributed by atoms with Crippen LogP contribution in [0.25, 0.3) is 0 Å². The first-order chi connectivity index (χ1) is 9.10. The van der Waals surface area contributed by atoms with E-state index in [1.807, 2.05) is 24.3 Å². The predicted molar refractivity (Wildman–Crippen MR) is 83.1 cm³/mol. The molecule has 0 saturated carbocycles. The van der Waals surface area contributed by atoms with Gasteiger partial charge in [-0.3, -0.25) is 0 Å². The van der Waals surface area contributed by atoms with E-state index in [-0.39, 0.29) is 11.9 Å². The highest BCUT2D eigenvalue weighted by atomic mass is 79.9. The van der Waals surface area contributed by atoms with Crippen molar-refractivity contribution in [2.45, 2.75) is 32.9 Å². The molecule has 1 nitrogen and oxygen atoms in total. The van der Waals surface area contributed by atoms with Crippen LogP contribution < -0.4 is 5.32 Å². The zero-order valence-corrected chi connectivity index (χ0v) is 13.4. The smallest absolute Gasteiger partial charge is 0.128 e. The Bertz CT molecular complexity index is 553. The third kappa shape index (κ3) is 3.88. The molecular weight excluding hydrogens is 325 g/mol. The lowest BCUT2D eigenvalue weighted by molar-refractivity contribution is 0.530. The van der Waals surface area contributed by atoms with E-state index in [4.69, 9.17) is 0 Å². The van der Waals surface area contributed by atoms with Gasteiger partial charge in [0.2, 0.25) is 0 Å². The summed E-state index contributed by atoms with van der Waals surface area (Å²) in [7, 11) is 0. The molecule has 1 heterocycles. The van der Waals surface area contributed by atoms with Crippen molar-refractivity contribution >= 4 is 27.3 Å². The van der Waals surface area contributed by atoms with E-state index in [2.05, 4.69) is 40.3 Å². The van der Waals surface area contributed by atoms with Crippen LogP contribution in [0.5, 0.6) is 0 Å². The van der Waals surface area contributed by atoms with Crippen LogP contribution in [-0.4, -0.2) is 0 Å². The van der Waals surface area contributed by atoms with Gasteiger partial charge >= 0.3 is 0 Å². The maximum Gasteiger partial charge on any atom is 0.128 e. The Balaban J connectivity index is 2.00. The van der Waals surface area contributed by atoms with Gasteiger partial charge in [-0.2, -0.15) is 0 Å². The molecule has 1 N–H and O–H groups in total. The van der Waals surface area contributed by atoms with E-state index in [1.54, 1.807) is 6.07 Å². The number of hydrogen-bond acceptors (Lipinski definition) is 2. The lowest BCUT2D eigenvalue weighted by Crippen LogP contribution is -2.18. The number of rotatable bonds is 5. The van der Waals surface area contributed by atoms with E-state index in [9.17, 15) is 4.39 Å². The van der Waals surface area contributed by atoms with Crippen molar-refractivity contribution in [2.75, 3.05) is 0 Å². The minimum absolute atomic E-state index is 0.00956.